The maximum absolute atomic E-state index is 5.89. The number of aromatic nitrogens is 1. The number of rotatable bonds is 3. The summed E-state index contributed by atoms with van der Waals surface area (Å²) < 4.78 is 5.60. The SMILES string of the molecule is C[C@@H](N)c1ccnc(Oc2cc(Cl)cc(Cl)c2)c1. The van der Waals surface area contributed by atoms with Crippen molar-refractivity contribution in [1.82, 2.24) is 4.98 Å². The highest BCUT2D eigenvalue weighted by Gasteiger charge is 2.05. The van der Waals surface area contributed by atoms with Crippen LogP contribution >= 0.6 is 23.2 Å². The summed E-state index contributed by atoms with van der Waals surface area (Å²) in [7, 11) is 0. The van der Waals surface area contributed by atoms with Crippen LogP contribution in [0.1, 0.15) is 18.5 Å². The minimum atomic E-state index is -0.0710. The number of halogens is 2. The minimum Gasteiger partial charge on any atom is -0.439 e. The first kappa shape index (κ1) is 13.1. The Labute approximate surface area is 115 Å². The van der Waals surface area contributed by atoms with Gasteiger partial charge in [0, 0.05) is 28.4 Å². The molecule has 0 unspecified atom stereocenters. The molecule has 0 saturated heterocycles. The van der Waals surface area contributed by atoms with Crippen molar-refractivity contribution in [2.45, 2.75) is 13.0 Å². The number of hydrogen-bond acceptors (Lipinski definition) is 3. The molecule has 1 heterocycles. The lowest BCUT2D eigenvalue weighted by Gasteiger charge is -2.09. The highest BCUT2D eigenvalue weighted by molar-refractivity contribution is 6.34. The van der Waals surface area contributed by atoms with Crippen molar-refractivity contribution < 1.29 is 4.74 Å². The molecule has 3 nitrogen and oxygen atoms in total. The molecular weight excluding hydrogens is 271 g/mol. The Morgan fingerprint density at radius 1 is 1.17 bits per heavy atom. The molecule has 0 aliphatic carbocycles. The van der Waals surface area contributed by atoms with Gasteiger partial charge in [-0.15, -0.1) is 0 Å². The van der Waals surface area contributed by atoms with Crippen LogP contribution in [0.5, 0.6) is 11.6 Å². The van der Waals surface area contributed by atoms with E-state index in [4.69, 9.17) is 33.7 Å². The molecular formula is C13H12Cl2N2O. The van der Waals surface area contributed by atoms with Gasteiger partial charge in [0.1, 0.15) is 5.75 Å². The quantitative estimate of drug-likeness (QED) is 0.918. The van der Waals surface area contributed by atoms with Crippen molar-refractivity contribution in [2.75, 3.05) is 0 Å². The highest BCUT2D eigenvalue weighted by atomic mass is 35.5. The molecule has 0 aliphatic rings. The highest BCUT2D eigenvalue weighted by Crippen LogP contribution is 2.28. The maximum Gasteiger partial charge on any atom is 0.219 e. The van der Waals surface area contributed by atoms with E-state index in [-0.39, 0.29) is 6.04 Å². The largest absolute Gasteiger partial charge is 0.439 e. The summed E-state index contributed by atoms with van der Waals surface area (Å²) in [6.07, 6.45) is 1.65. The number of nitrogens with zero attached hydrogens (tertiary/aromatic N) is 1. The summed E-state index contributed by atoms with van der Waals surface area (Å²) in [6.45, 7) is 1.90. The van der Waals surface area contributed by atoms with Gasteiger partial charge in [-0.05, 0) is 36.8 Å². The predicted octanol–water partition coefficient (Wildman–Crippen LogP) is 4.20. The van der Waals surface area contributed by atoms with Gasteiger partial charge in [-0.2, -0.15) is 0 Å². The molecule has 0 amide bonds. The van der Waals surface area contributed by atoms with Gasteiger partial charge >= 0.3 is 0 Å². The van der Waals surface area contributed by atoms with Gasteiger partial charge in [0.2, 0.25) is 5.88 Å². The Morgan fingerprint density at radius 2 is 1.83 bits per heavy atom. The van der Waals surface area contributed by atoms with Crippen molar-refractivity contribution in [3.05, 3.63) is 52.1 Å². The van der Waals surface area contributed by atoms with Crippen molar-refractivity contribution in [3.63, 3.8) is 0 Å². The zero-order valence-corrected chi connectivity index (χ0v) is 11.2. The molecule has 2 rings (SSSR count). The summed E-state index contributed by atoms with van der Waals surface area (Å²) in [5.41, 5.74) is 6.75. The van der Waals surface area contributed by atoms with Crippen molar-refractivity contribution in [2.24, 2.45) is 5.73 Å². The van der Waals surface area contributed by atoms with Crippen LogP contribution in [0.25, 0.3) is 0 Å². The number of pyridine rings is 1. The Bertz CT molecular complexity index is 538. The molecule has 1 aromatic heterocycles. The standard InChI is InChI=1S/C13H12Cl2N2O/c1-8(16)9-2-3-17-13(4-9)18-12-6-10(14)5-11(15)7-12/h2-8H,16H2,1H3/t8-/m1/s1. The molecule has 0 radical (unpaired) electrons. The van der Waals surface area contributed by atoms with E-state index in [2.05, 4.69) is 4.98 Å². The van der Waals surface area contributed by atoms with Crippen LogP contribution < -0.4 is 10.5 Å². The Morgan fingerprint density at radius 3 is 2.44 bits per heavy atom. The Balaban J connectivity index is 2.25. The van der Waals surface area contributed by atoms with E-state index >= 15 is 0 Å². The van der Waals surface area contributed by atoms with Crippen LogP contribution in [-0.4, -0.2) is 4.98 Å². The maximum atomic E-state index is 5.89. The van der Waals surface area contributed by atoms with Crippen LogP contribution in [0.15, 0.2) is 36.5 Å². The second-order valence-electron chi connectivity index (χ2n) is 3.92. The first-order valence-electron chi connectivity index (χ1n) is 5.40. The molecule has 1 aromatic carbocycles. The molecule has 2 N–H and O–H groups in total. The van der Waals surface area contributed by atoms with Gasteiger partial charge < -0.3 is 10.5 Å². The van der Waals surface area contributed by atoms with Gasteiger partial charge in [-0.25, -0.2) is 4.98 Å². The number of ether oxygens (including phenoxy) is 1. The smallest absolute Gasteiger partial charge is 0.219 e. The van der Waals surface area contributed by atoms with Gasteiger partial charge in [-0.3, -0.25) is 0 Å². The third-order valence-electron chi connectivity index (χ3n) is 2.34. The lowest BCUT2D eigenvalue weighted by molar-refractivity contribution is 0.461. The molecule has 0 saturated carbocycles. The molecule has 0 spiro atoms. The second-order valence-corrected chi connectivity index (χ2v) is 4.80. The molecule has 0 fully saturated rings. The topological polar surface area (TPSA) is 48.1 Å². The molecule has 94 valence electrons. The fourth-order valence-electron chi connectivity index (χ4n) is 1.47. The first-order chi connectivity index (χ1) is 8.54. The summed E-state index contributed by atoms with van der Waals surface area (Å²) in [6, 6.07) is 8.56. The molecule has 0 bridgehead atoms. The van der Waals surface area contributed by atoms with Crippen molar-refractivity contribution >= 4 is 23.2 Å². The molecule has 5 heteroatoms. The zero-order valence-electron chi connectivity index (χ0n) is 9.73. The minimum absolute atomic E-state index is 0.0710. The van der Waals surface area contributed by atoms with Gasteiger partial charge in [0.15, 0.2) is 0 Å². The fraction of sp³-hybridized carbons (Fsp3) is 0.154. The van der Waals surface area contributed by atoms with E-state index in [1.165, 1.54) is 0 Å². The Hall–Kier alpha value is -1.29. The normalized spacial score (nSPS) is 12.2. The Kier molecular flexibility index (Phi) is 4.07. The van der Waals surface area contributed by atoms with Gasteiger partial charge in [0.25, 0.3) is 0 Å². The van der Waals surface area contributed by atoms with Gasteiger partial charge in [0.05, 0.1) is 0 Å². The van der Waals surface area contributed by atoms with Crippen LogP contribution in [0, 0.1) is 0 Å². The summed E-state index contributed by atoms with van der Waals surface area (Å²) >= 11 is 11.8. The van der Waals surface area contributed by atoms with E-state index in [0.717, 1.165) is 5.56 Å². The van der Waals surface area contributed by atoms with E-state index in [1.54, 1.807) is 30.5 Å². The number of hydrogen-bond donors (Lipinski definition) is 1. The molecule has 1 atom stereocenters. The third-order valence-corrected chi connectivity index (χ3v) is 2.78. The van der Waals surface area contributed by atoms with Crippen molar-refractivity contribution in [3.8, 4) is 11.6 Å². The zero-order chi connectivity index (χ0) is 13.1. The summed E-state index contributed by atoms with van der Waals surface area (Å²) in [5, 5.41) is 1.03. The molecule has 2 aromatic rings. The predicted molar refractivity (Wildman–Crippen MR) is 73.4 cm³/mol. The van der Waals surface area contributed by atoms with E-state index < -0.39 is 0 Å². The average molecular weight is 283 g/mol. The monoisotopic (exact) mass is 282 g/mol. The van der Waals surface area contributed by atoms with E-state index in [9.17, 15) is 0 Å². The summed E-state index contributed by atoms with van der Waals surface area (Å²) in [4.78, 5) is 4.11. The third kappa shape index (κ3) is 3.35. The van der Waals surface area contributed by atoms with Gasteiger partial charge in [-0.1, -0.05) is 23.2 Å². The molecule has 18 heavy (non-hydrogen) atoms. The fourth-order valence-corrected chi connectivity index (χ4v) is 1.98. The lowest BCUT2D eigenvalue weighted by atomic mass is 10.1. The number of nitrogens with two attached hydrogens (primary N) is 1. The second kappa shape index (κ2) is 5.57. The number of benzene rings is 1. The van der Waals surface area contributed by atoms with Crippen LogP contribution in [-0.2, 0) is 0 Å². The van der Waals surface area contributed by atoms with Crippen LogP contribution in [0.4, 0.5) is 0 Å². The van der Waals surface area contributed by atoms with E-state index in [0.29, 0.717) is 21.7 Å². The van der Waals surface area contributed by atoms with Crippen LogP contribution in [0.2, 0.25) is 10.0 Å². The van der Waals surface area contributed by atoms with Crippen LogP contribution in [0.3, 0.4) is 0 Å². The summed E-state index contributed by atoms with van der Waals surface area (Å²) in [5.74, 6) is 1.00. The molecule has 0 aliphatic heterocycles. The van der Waals surface area contributed by atoms with Crippen molar-refractivity contribution in [1.29, 1.82) is 0 Å². The lowest BCUT2D eigenvalue weighted by Crippen LogP contribution is -2.05. The first-order valence-corrected chi connectivity index (χ1v) is 6.15. The average Bonchev–Trinajstić information content (AvgIpc) is 2.27. The van der Waals surface area contributed by atoms with E-state index in [1.807, 2.05) is 13.0 Å².